The average Bonchev–Trinajstić information content (AvgIpc) is 3.66. The molecule has 0 aliphatic carbocycles. The molecule has 1 N–H and O–H groups in total. The van der Waals surface area contributed by atoms with Crippen molar-refractivity contribution < 1.29 is 14.3 Å². The van der Waals surface area contributed by atoms with Gasteiger partial charge in [0.15, 0.2) is 11.6 Å². The monoisotopic (exact) mass is 574 g/mol. The molecule has 2 aliphatic heterocycles. The summed E-state index contributed by atoms with van der Waals surface area (Å²) in [4.78, 5) is 42.2. The lowest BCUT2D eigenvalue weighted by Gasteiger charge is -2.32. The van der Waals surface area contributed by atoms with E-state index >= 15 is 0 Å². The van der Waals surface area contributed by atoms with Crippen molar-refractivity contribution in [1.82, 2.24) is 24.8 Å². The molecule has 206 valence electrons. The first-order valence-electron chi connectivity index (χ1n) is 13.2. The molecule has 0 radical (unpaired) electrons. The number of imide groups is 1. The number of hydrogen-bond acceptors (Lipinski definition) is 10. The molecule has 2 aliphatic rings. The number of fused-ring (bicyclic) bond motifs is 1. The first kappa shape index (κ1) is 26.6. The van der Waals surface area contributed by atoms with Gasteiger partial charge in [0.05, 0.1) is 10.3 Å². The second kappa shape index (κ2) is 11.1. The van der Waals surface area contributed by atoms with Gasteiger partial charge in [0, 0.05) is 49.3 Å². The third-order valence-corrected chi connectivity index (χ3v) is 9.34. The minimum Gasteiger partial charge on any atom is -0.492 e. The van der Waals surface area contributed by atoms with Gasteiger partial charge in [0.2, 0.25) is 0 Å². The molecule has 2 amide bonds. The van der Waals surface area contributed by atoms with Crippen LogP contribution in [0.4, 0.5) is 5.82 Å². The Morgan fingerprint density at radius 1 is 1.02 bits per heavy atom. The highest BCUT2D eigenvalue weighted by Gasteiger charge is 2.30. The summed E-state index contributed by atoms with van der Waals surface area (Å²) in [5, 5.41) is 3.77. The number of nitrogens with zero attached hydrogens (tertiary/aromatic N) is 5. The number of hydrogen-bond donors (Lipinski definition) is 1. The van der Waals surface area contributed by atoms with Crippen molar-refractivity contribution in [2.75, 3.05) is 51.8 Å². The number of hydrazine groups is 1. The van der Waals surface area contributed by atoms with Crippen molar-refractivity contribution in [2.24, 2.45) is 0 Å². The van der Waals surface area contributed by atoms with Gasteiger partial charge in [-0.05, 0) is 67.7 Å². The number of rotatable bonds is 8. The molecule has 0 atom stereocenters. The molecule has 11 heteroatoms. The first-order valence-corrected chi connectivity index (χ1v) is 14.9. The molecular weight excluding hydrogens is 544 g/mol. The molecule has 9 nitrogen and oxygen atoms in total. The van der Waals surface area contributed by atoms with Crippen LogP contribution in [0.2, 0.25) is 0 Å². The molecule has 40 heavy (non-hydrogen) atoms. The summed E-state index contributed by atoms with van der Waals surface area (Å²) in [6.07, 6.45) is 1.33. The van der Waals surface area contributed by atoms with E-state index in [0.29, 0.717) is 23.8 Å². The van der Waals surface area contributed by atoms with Crippen LogP contribution >= 0.6 is 22.7 Å². The Bertz CT molecular complexity index is 1590. The molecular formula is C29H30N6O3S2. The zero-order valence-electron chi connectivity index (χ0n) is 22.6. The van der Waals surface area contributed by atoms with Gasteiger partial charge in [-0.15, -0.1) is 22.7 Å². The number of likely N-dealkylation sites (N-methyl/N-ethyl adjacent to an activating group) is 1. The fourth-order valence-electron chi connectivity index (χ4n) is 4.88. The number of anilines is 1. The van der Waals surface area contributed by atoms with E-state index in [1.54, 1.807) is 18.3 Å². The van der Waals surface area contributed by atoms with E-state index in [1.165, 1.54) is 17.4 Å². The Kier molecular flexibility index (Phi) is 7.37. The number of piperazine rings is 1. The smallest absolute Gasteiger partial charge is 0.275 e. The highest BCUT2D eigenvalue weighted by molar-refractivity contribution is 7.22. The van der Waals surface area contributed by atoms with Gasteiger partial charge in [0.25, 0.3) is 11.8 Å². The normalized spacial score (nSPS) is 16.7. The number of nitrogens with one attached hydrogen (secondary N) is 1. The Morgan fingerprint density at radius 3 is 2.48 bits per heavy atom. The van der Waals surface area contributed by atoms with Crippen LogP contribution in [0.3, 0.4) is 0 Å². The van der Waals surface area contributed by atoms with Gasteiger partial charge in [-0.1, -0.05) is 6.07 Å². The van der Waals surface area contributed by atoms with Crippen LogP contribution in [-0.2, 0) is 9.59 Å². The standard InChI is InChI=1S/C29H30N6O3S2/c1-18-17-23(36)35(29(18)37)32-27-24-19(2)25(40-28(24)31-26(30-27)22-5-4-16-39-22)20-6-8-21(9-7-20)38-15-14-34-12-10-33(3)11-13-34/h4-9,16-17H,10-15H2,1-3H3,(H,30,31,32). The maximum absolute atomic E-state index is 12.6. The molecule has 0 spiro atoms. The number of benzene rings is 1. The SMILES string of the molecule is CC1=CC(=O)N(Nc2nc(-c3cccs3)nc3sc(-c4ccc(OCCN5CCN(C)CC5)cc4)c(C)c23)C1=O. The average molecular weight is 575 g/mol. The van der Waals surface area contributed by atoms with Crippen molar-refractivity contribution in [3.05, 3.63) is 59.0 Å². The van der Waals surface area contributed by atoms with E-state index in [9.17, 15) is 9.59 Å². The summed E-state index contributed by atoms with van der Waals surface area (Å²) in [6.45, 7) is 9.57. The molecule has 0 bridgehead atoms. The number of thiophene rings is 2. The van der Waals surface area contributed by atoms with E-state index in [1.807, 2.05) is 36.6 Å². The molecule has 3 aromatic heterocycles. The lowest BCUT2D eigenvalue weighted by Crippen LogP contribution is -2.45. The van der Waals surface area contributed by atoms with Gasteiger partial charge < -0.3 is 9.64 Å². The summed E-state index contributed by atoms with van der Waals surface area (Å²) in [5.74, 6) is 1.02. The van der Waals surface area contributed by atoms with Gasteiger partial charge in [-0.3, -0.25) is 19.9 Å². The molecule has 0 saturated carbocycles. The van der Waals surface area contributed by atoms with Crippen molar-refractivity contribution in [1.29, 1.82) is 0 Å². The van der Waals surface area contributed by atoms with E-state index in [0.717, 1.165) is 74.6 Å². The molecule has 1 saturated heterocycles. The Balaban J connectivity index is 1.26. The van der Waals surface area contributed by atoms with Gasteiger partial charge in [-0.25, -0.2) is 9.97 Å². The number of aryl methyl sites for hydroxylation is 1. The molecule has 5 heterocycles. The van der Waals surface area contributed by atoms with Crippen LogP contribution in [0, 0.1) is 6.92 Å². The zero-order chi connectivity index (χ0) is 27.8. The van der Waals surface area contributed by atoms with E-state index in [-0.39, 0.29) is 5.91 Å². The Labute approximate surface area is 240 Å². The first-order chi connectivity index (χ1) is 19.4. The summed E-state index contributed by atoms with van der Waals surface area (Å²) < 4.78 is 6.04. The fraction of sp³-hybridized carbons (Fsp3) is 0.310. The van der Waals surface area contributed by atoms with Crippen LogP contribution in [0.5, 0.6) is 5.75 Å². The second-order valence-corrected chi connectivity index (χ2v) is 12.0. The van der Waals surface area contributed by atoms with E-state index in [2.05, 4.69) is 34.4 Å². The van der Waals surface area contributed by atoms with Crippen LogP contribution in [0.15, 0.2) is 53.4 Å². The summed E-state index contributed by atoms with van der Waals surface area (Å²) in [7, 11) is 2.16. The summed E-state index contributed by atoms with van der Waals surface area (Å²) in [5.41, 5.74) is 5.41. The predicted molar refractivity (Wildman–Crippen MR) is 160 cm³/mol. The van der Waals surface area contributed by atoms with Crippen molar-refractivity contribution in [2.45, 2.75) is 13.8 Å². The topological polar surface area (TPSA) is 90.9 Å². The predicted octanol–water partition coefficient (Wildman–Crippen LogP) is 4.66. The van der Waals surface area contributed by atoms with Crippen LogP contribution in [0.1, 0.15) is 12.5 Å². The number of aromatic nitrogens is 2. The van der Waals surface area contributed by atoms with Crippen LogP contribution in [0.25, 0.3) is 31.4 Å². The lowest BCUT2D eigenvalue weighted by molar-refractivity contribution is -0.135. The number of carbonyl (C=O) groups is 2. The largest absolute Gasteiger partial charge is 0.492 e. The van der Waals surface area contributed by atoms with Crippen molar-refractivity contribution in [3.8, 4) is 26.9 Å². The maximum atomic E-state index is 12.6. The molecule has 6 rings (SSSR count). The quantitative estimate of drug-likeness (QED) is 0.304. The number of ether oxygens (including phenoxy) is 1. The number of carbonyl (C=O) groups excluding carboxylic acids is 2. The minimum atomic E-state index is -0.414. The Morgan fingerprint density at radius 2 is 1.80 bits per heavy atom. The molecule has 4 aromatic rings. The van der Waals surface area contributed by atoms with Gasteiger partial charge >= 0.3 is 0 Å². The third kappa shape index (κ3) is 5.25. The third-order valence-electron chi connectivity index (χ3n) is 7.24. The van der Waals surface area contributed by atoms with Crippen LogP contribution < -0.4 is 10.2 Å². The maximum Gasteiger partial charge on any atom is 0.275 e. The zero-order valence-corrected chi connectivity index (χ0v) is 24.3. The summed E-state index contributed by atoms with van der Waals surface area (Å²) >= 11 is 3.10. The molecule has 0 unspecified atom stereocenters. The second-order valence-electron chi connectivity index (χ2n) is 10.0. The summed E-state index contributed by atoms with van der Waals surface area (Å²) in [6, 6.07) is 12.0. The number of amides is 2. The highest BCUT2D eigenvalue weighted by atomic mass is 32.1. The van der Waals surface area contributed by atoms with Crippen molar-refractivity contribution >= 4 is 50.5 Å². The molecule has 1 aromatic carbocycles. The van der Waals surface area contributed by atoms with Gasteiger partial charge in [-0.2, -0.15) is 5.01 Å². The highest BCUT2D eigenvalue weighted by Crippen LogP contribution is 2.42. The van der Waals surface area contributed by atoms with E-state index < -0.39 is 5.91 Å². The van der Waals surface area contributed by atoms with Crippen molar-refractivity contribution in [3.63, 3.8) is 0 Å². The van der Waals surface area contributed by atoms with E-state index in [4.69, 9.17) is 14.7 Å². The van der Waals surface area contributed by atoms with Crippen LogP contribution in [-0.4, -0.2) is 83.0 Å². The fourth-order valence-corrected chi connectivity index (χ4v) is 6.72. The Hall–Kier alpha value is -3.64. The lowest BCUT2D eigenvalue weighted by atomic mass is 10.1. The molecule has 1 fully saturated rings. The van der Waals surface area contributed by atoms with Gasteiger partial charge in [0.1, 0.15) is 17.2 Å². The minimum absolute atomic E-state index is 0.384.